The molecule has 0 bridgehead atoms. The highest BCUT2D eigenvalue weighted by atomic mass is 16.4. The van der Waals surface area contributed by atoms with Gasteiger partial charge in [-0.15, -0.1) is 0 Å². The highest BCUT2D eigenvalue weighted by Crippen LogP contribution is 2.11. The van der Waals surface area contributed by atoms with Crippen molar-refractivity contribution < 1.29 is 34.2 Å². The van der Waals surface area contributed by atoms with Gasteiger partial charge in [-0.1, -0.05) is 48.0 Å². The van der Waals surface area contributed by atoms with E-state index in [4.69, 9.17) is 10.8 Å². The van der Waals surface area contributed by atoms with E-state index >= 15 is 0 Å². The molecule has 5 unspecified atom stereocenters. The lowest BCUT2D eigenvalue weighted by molar-refractivity contribution is -0.144. The smallest absolute Gasteiger partial charge is 0.326 e. The molecule has 0 aliphatic rings. The van der Waals surface area contributed by atoms with Gasteiger partial charge in [0, 0.05) is 6.42 Å². The third kappa shape index (κ3) is 11.1. The summed E-state index contributed by atoms with van der Waals surface area (Å²) in [4.78, 5) is 60.8. The Morgan fingerprint density at radius 2 is 1.33 bits per heavy atom. The molecule has 0 aliphatic heterocycles. The molecule has 0 rings (SSSR count). The third-order valence-corrected chi connectivity index (χ3v) is 5.42. The lowest BCUT2D eigenvalue weighted by atomic mass is 9.97. The fourth-order valence-corrected chi connectivity index (χ4v) is 3.02. The molecule has 5 atom stereocenters. The van der Waals surface area contributed by atoms with Gasteiger partial charge >= 0.3 is 11.9 Å². The summed E-state index contributed by atoms with van der Waals surface area (Å²) in [5, 5.41) is 26.0. The Morgan fingerprint density at radius 3 is 1.76 bits per heavy atom. The summed E-state index contributed by atoms with van der Waals surface area (Å²) in [5.74, 6) is -4.89. The van der Waals surface area contributed by atoms with Crippen LogP contribution >= 0.6 is 0 Å². The van der Waals surface area contributed by atoms with Crippen LogP contribution in [0, 0.1) is 17.8 Å². The second-order valence-corrected chi connectivity index (χ2v) is 9.16. The molecule has 0 saturated carbocycles. The first-order valence-corrected chi connectivity index (χ1v) is 11.3. The minimum absolute atomic E-state index is 0.0191. The molecule has 0 aliphatic carbocycles. The van der Waals surface area contributed by atoms with E-state index in [1.165, 1.54) is 0 Å². The minimum Gasteiger partial charge on any atom is -0.481 e. The second-order valence-electron chi connectivity index (χ2n) is 9.16. The van der Waals surface area contributed by atoms with Crippen LogP contribution in [-0.2, 0) is 24.0 Å². The molecule has 11 heteroatoms. The number of hydrogen-bond acceptors (Lipinski definition) is 6. The van der Waals surface area contributed by atoms with Crippen molar-refractivity contribution in [3.05, 3.63) is 0 Å². The van der Waals surface area contributed by atoms with Crippen LogP contribution < -0.4 is 21.7 Å². The first-order valence-electron chi connectivity index (χ1n) is 11.3. The number of aliphatic carboxylic acids is 2. The van der Waals surface area contributed by atoms with Crippen molar-refractivity contribution in [3.63, 3.8) is 0 Å². The number of hydrogen-bond donors (Lipinski definition) is 6. The van der Waals surface area contributed by atoms with Gasteiger partial charge in [0.1, 0.15) is 18.1 Å². The van der Waals surface area contributed by atoms with E-state index in [1.807, 2.05) is 13.8 Å². The van der Waals surface area contributed by atoms with Crippen molar-refractivity contribution >= 4 is 29.7 Å². The van der Waals surface area contributed by atoms with Crippen LogP contribution in [0.2, 0.25) is 0 Å². The highest BCUT2D eigenvalue weighted by Gasteiger charge is 2.32. The summed E-state index contributed by atoms with van der Waals surface area (Å²) < 4.78 is 0. The molecule has 3 amide bonds. The molecule has 33 heavy (non-hydrogen) atoms. The minimum atomic E-state index is -1.22. The summed E-state index contributed by atoms with van der Waals surface area (Å²) in [7, 11) is 0. The van der Waals surface area contributed by atoms with Gasteiger partial charge in [0.15, 0.2) is 0 Å². The molecule has 7 N–H and O–H groups in total. The summed E-state index contributed by atoms with van der Waals surface area (Å²) in [6.07, 6.45) is 0.164. The predicted octanol–water partition coefficient (Wildman–Crippen LogP) is 0.466. The maximum absolute atomic E-state index is 12.9. The van der Waals surface area contributed by atoms with Gasteiger partial charge < -0.3 is 31.9 Å². The zero-order valence-corrected chi connectivity index (χ0v) is 20.4. The van der Waals surface area contributed by atoms with Gasteiger partial charge in [-0.3, -0.25) is 19.2 Å². The molecule has 0 aromatic carbocycles. The van der Waals surface area contributed by atoms with E-state index < -0.39 is 53.8 Å². The maximum atomic E-state index is 12.9. The first-order chi connectivity index (χ1) is 15.2. The Hall–Kier alpha value is -2.69. The maximum Gasteiger partial charge on any atom is 0.326 e. The van der Waals surface area contributed by atoms with E-state index in [-0.39, 0.29) is 37.0 Å². The quantitative estimate of drug-likeness (QED) is 0.198. The molecule has 0 fully saturated rings. The average Bonchev–Trinajstić information content (AvgIpc) is 2.71. The van der Waals surface area contributed by atoms with Crippen molar-refractivity contribution in [1.82, 2.24) is 16.0 Å². The van der Waals surface area contributed by atoms with Gasteiger partial charge in [-0.05, 0) is 30.6 Å². The Labute approximate surface area is 195 Å². The van der Waals surface area contributed by atoms with E-state index in [0.29, 0.717) is 6.42 Å². The van der Waals surface area contributed by atoms with Crippen LogP contribution in [0.3, 0.4) is 0 Å². The normalized spacial score (nSPS) is 15.8. The zero-order valence-electron chi connectivity index (χ0n) is 20.4. The summed E-state index contributed by atoms with van der Waals surface area (Å²) in [6, 6.07) is -4.30. The summed E-state index contributed by atoms with van der Waals surface area (Å²) >= 11 is 0. The first kappa shape index (κ1) is 30.3. The lowest BCUT2D eigenvalue weighted by Crippen LogP contribution is -2.58. The molecule has 0 spiro atoms. The van der Waals surface area contributed by atoms with Crippen LogP contribution in [0.4, 0.5) is 0 Å². The van der Waals surface area contributed by atoms with Gasteiger partial charge in [-0.2, -0.15) is 0 Å². The van der Waals surface area contributed by atoms with Gasteiger partial charge in [-0.25, -0.2) is 4.79 Å². The lowest BCUT2D eigenvalue weighted by Gasteiger charge is -2.27. The molecule has 190 valence electrons. The largest absolute Gasteiger partial charge is 0.481 e. The SMILES string of the molecule is CCC(C)C(NC(=O)C(CC(C)C)NC(=O)C(CCC(=O)O)NC(=O)C(N)C(C)C)C(=O)O. The van der Waals surface area contributed by atoms with Gasteiger partial charge in [0.2, 0.25) is 17.7 Å². The highest BCUT2D eigenvalue weighted by molar-refractivity contribution is 5.94. The Morgan fingerprint density at radius 1 is 0.818 bits per heavy atom. The number of carboxylic acid groups (broad SMARTS) is 2. The zero-order chi connectivity index (χ0) is 25.9. The van der Waals surface area contributed by atoms with Crippen LogP contribution in [0.25, 0.3) is 0 Å². The van der Waals surface area contributed by atoms with E-state index in [9.17, 15) is 29.1 Å². The number of carbonyl (C=O) groups is 5. The molecular weight excluding hydrogens is 432 g/mol. The van der Waals surface area contributed by atoms with Crippen LogP contribution in [0.15, 0.2) is 0 Å². The number of nitrogens with two attached hydrogens (primary N) is 1. The fraction of sp³-hybridized carbons (Fsp3) is 0.773. The Bertz CT molecular complexity index is 696. The number of rotatable bonds is 15. The number of nitrogens with one attached hydrogen (secondary N) is 3. The summed E-state index contributed by atoms with van der Waals surface area (Å²) in [5.41, 5.74) is 5.82. The van der Waals surface area contributed by atoms with Crippen LogP contribution in [0.1, 0.15) is 67.2 Å². The Kier molecular flexibility index (Phi) is 13.3. The molecule has 0 aromatic heterocycles. The molecule has 0 saturated heterocycles. The molecule has 0 aromatic rings. The molecule has 0 radical (unpaired) electrons. The fourth-order valence-electron chi connectivity index (χ4n) is 3.02. The van der Waals surface area contributed by atoms with Crippen molar-refractivity contribution in [3.8, 4) is 0 Å². The van der Waals surface area contributed by atoms with Crippen molar-refractivity contribution in [2.24, 2.45) is 23.5 Å². The van der Waals surface area contributed by atoms with Gasteiger partial charge in [0.05, 0.1) is 6.04 Å². The third-order valence-electron chi connectivity index (χ3n) is 5.42. The standard InChI is InChI=1S/C22H40N4O7/c1-7-13(6)18(22(32)33)26-20(30)15(10-11(2)3)25-19(29)14(8-9-16(27)28)24-21(31)17(23)12(4)5/h11-15,17-18H,7-10,23H2,1-6H3,(H,24,31)(H,25,29)(H,26,30)(H,27,28)(H,32,33). The van der Waals surface area contributed by atoms with Crippen molar-refractivity contribution in [2.45, 2.75) is 91.4 Å². The summed E-state index contributed by atoms with van der Waals surface area (Å²) in [6.45, 7) is 10.6. The van der Waals surface area contributed by atoms with Gasteiger partial charge in [0.25, 0.3) is 0 Å². The average molecular weight is 473 g/mol. The Balaban J connectivity index is 5.62. The van der Waals surface area contributed by atoms with E-state index in [0.717, 1.165) is 0 Å². The van der Waals surface area contributed by atoms with Crippen molar-refractivity contribution in [1.29, 1.82) is 0 Å². The number of carboxylic acids is 2. The van der Waals surface area contributed by atoms with Crippen LogP contribution in [-0.4, -0.2) is 64.0 Å². The van der Waals surface area contributed by atoms with Crippen LogP contribution in [0.5, 0.6) is 0 Å². The topological polar surface area (TPSA) is 188 Å². The molecule has 11 nitrogen and oxygen atoms in total. The second kappa shape index (κ2) is 14.5. The number of amides is 3. The van der Waals surface area contributed by atoms with E-state index in [1.54, 1.807) is 27.7 Å². The monoisotopic (exact) mass is 472 g/mol. The molecule has 0 heterocycles. The van der Waals surface area contributed by atoms with E-state index in [2.05, 4.69) is 16.0 Å². The predicted molar refractivity (Wildman–Crippen MR) is 122 cm³/mol. The van der Waals surface area contributed by atoms with Crippen molar-refractivity contribution in [2.75, 3.05) is 0 Å². The number of carbonyl (C=O) groups excluding carboxylic acids is 3. The molecular formula is C22H40N4O7.